The van der Waals surface area contributed by atoms with Crippen LogP contribution < -0.4 is 5.32 Å². The highest BCUT2D eigenvalue weighted by Crippen LogP contribution is 2.22. The van der Waals surface area contributed by atoms with E-state index in [1.807, 2.05) is 12.1 Å². The van der Waals surface area contributed by atoms with Crippen LogP contribution in [0.3, 0.4) is 0 Å². The Kier molecular flexibility index (Phi) is 6.12. The van der Waals surface area contributed by atoms with Crippen LogP contribution in [0, 0.1) is 0 Å². The number of hydrogen-bond donors (Lipinski definition) is 2. The fourth-order valence-electron chi connectivity index (χ4n) is 3.30. The fourth-order valence-corrected chi connectivity index (χ4v) is 3.30. The summed E-state index contributed by atoms with van der Waals surface area (Å²) in [6.07, 6.45) is 4.64. The summed E-state index contributed by atoms with van der Waals surface area (Å²) in [4.78, 5) is 24.5. The van der Waals surface area contributed by atoms with Gasteiger partial charge < -0.3 is 15.2 Å². The molecule has 0 heterocycles. The van der Waals surface area contributed by atoms with Crippen LogP contribution in [0.5, 0.6) is 5.75 Å². The molecule has 3 rings (SSSR count). The van der Waals surface area contributed by atoms with Crippen molar-refractivity contribution in [3.63, 3.8) is 0 Å². The van der Waals surface area contributed by atoms with Crippen LogP contribution >= 0.6 is 0 Å². The molecular formula is C22H25NO4. The average molecular weight is 367 g/mol. The number of carbonyl (C=O) groups is 2. The van der Waals surface area contributed by atoms with Gasteiger partial charge in [0.05, 0.1) is 5.56 Å². The van der Waals surface area contributed by atoms with Crippen LogP contribution in [0.2, 0.25) is 0 Å². The van der Waals surface area contributed by atoms with Gasteiger partial charge in [-0.05, 0) is 55.2 Å². The maximum atomic E-state index is 12.3. The second kappa shape index (κ2) is 8.71. The number of hydrogen-bond acceptors (Lipinski definition) is 4. The minimum atomic E-state index is -0.823. The van der Waals surface area contributed by atoms with Crippen LogP contribution in [0.25, 0.3) is 11.1 Å². The third-order valence-corrected chi connectivity index (χ3v) is 4.93. The Morgan fingerprint density at radius 1 is 0.963 bits per heavy atom. The lowest BCUT2D eigenvalue weighted by atomic mass is 9.95. The molecule has 1 amide bonds. The Bertz CT molecular complexity index is 777. The summed E-state index contributed by atoms with van der Waals surface area (Å²) in [6.45, 7) is 1.60. The molecule has 1 saturated carbocycles. The monoisotopic (exact) mass is 367 g/mol. The van der Waals surface area contributed by atoms with Crippen molar-refractivity contribution < 1.29 is 19.4 Å². The lowest BCUT2D eigenvalue weighted by Gasteiger charge is -2.24. The molecule has 1 aliphatic carbocycles. The molecule has 2 aromatic carbocycles. The summed E-state index contributed by atoms with van der Waals surface area (Å²) >= 11 is 0. The molecule has 142 valence electrons. The van der Waals surface area contributed by atoms with Crippen molar-refractivity contribution >= 4 is 11.9 Å². The number of rotatable bonds is 5. The van der Waals surface area contributed by atoms with Gasteiger partial charge in [-0.3, -0.25) is 4.79 Å². The van der Waals surface area contributed by atoms with Gasteiger partial charge in [0, 0.05) is 6.04 Å². The van der Waals surface area contributed by atoms with Gasteiger partial charge in [-0.2, -0.15) is 0 Å². The van der Waals surface area contributed by atoms with Crippen LogP contribution in [0.4, 0.5) is 0 Å². The van der Waals surface area contributed by atoms with E-state index in [1.165, 1.54) is 6.42 Å². The predicted molar refractivity (Wildman–Crippen MR) is 103 cm³/mol. The number of phenolic OH excluding ortho intramolecular Hbond substituents is 1. The van der Waals surface area contributed by atoms with Crippen molar-refractivity contribution in [2.24, 2.45) is 0 Å². The number of amides is 1. The van der Waals surface area contributed by atoms with Gasteiger partial charge in [-0.15, -0.1) is 0 Å². The van der Waals surface area contributed by atoms with E-state index in [-0.39, 0.29) is 17.7 Å². The van der Waals surface area contributed by atoms with E-state index in [0.717, 1.165) is 36.8 Å². The Morgan fingerprint density at radius 2 is 1.52 bits per heavy atom. The highest BCUT2D eigenvalue weighted by atomic mass is 16.5. The Hall–Kier alpha value is -2.82. The zero-order valence-corrected chi connectivity index (χ0v) is 15.5. The number of nitrogens with one attached hydrogen (secondary N) is 1. The van der Waals surface area contributed by atoms with E-state index in [2.05, 4.69) is 5.32 Å². The molecule has 0 radical (unpaired) electrons. The number of benzene rings is 2. The minimum absolute atomic E-state index is 0.192. The smallest absolute Gasteiger partial charge is 0.338 e. The van der Waals surface area contributed by atoms with Crippen LogP contribution in [-0.2, 0) is 9.53 Å². The molecule has 0 aliphatic heterocycles. The summed E-state index contributed by atoms with van der Waals surface area (Å²) < 4.78 is 5.32. The van der Waals surface area contributed by atoms with Crippen molar-refractivity contribution in [1.82, 2.24) is 5.32 Å². The molecule has 0 spiro atoms. The third-order valence-electron chi connectivity index (χ3n) is 4.93. The zero-order valence-electron chi connectivity index (χ0n) is 15.5. The number of ether oxygens (including phenoxy) is 1. The van der Waals surface area contributed by atoms with E-state index in [9.17, 15) is 14.7 Å². The van der Waals surface area contributed by atoms with Crippen molar-refractivity contribution in [3.8, 4) is 16.9 Å². The minimum Gasteiger partial charge on any atom is -0.508 e. The number of carbonyl (C=O) groups excluding carboxylic acids is 2. The van der Waals surface area contributed by atoms with Crippen molar-refractivity contribution in [3.05, 3.63) is 54.1 Å². The van der Waals surface area contributed by atoms with E-state index >= 15 is 0 Å². The SMILES string of the molecule is CC(OC(=O)c1ccc(-c2ccc(O)cc2)cc1)C(=O)NC1CCCCC1. The van der Waals surface area contributed by atoms with Gasteiger partial charge in [0.2, 0.25) is 0 Å². The molecule has 0 saturated heterocycles. The van der Waals surface area contributed by atoms with Crippen LogP contribution in [0.15, 0.2) is 48.5 Å². The number of aromatic hydroxyl groups is 1. The first-order chi connectivity index (χ1) is 13.0. The largest absolute Gasteiger partial charge is 0.508 e. The number of phenols is 1. The summed E-state index contributed by atoms with van der Waals surface area (Å²) in [5.74, 6) is -0.547. The highest BCUT2D eigenvalue weighted by Gasteiger charge is 2.22. The molecule has 0 aromatic heterocycles. The van der Waals surface area contributed by atoms with Crippen LogP contribution in [0.1, 0.15) is 49.4 Å². The third kappa shape index (κ3) is 5.09. The van der Waals surface area contributed by atoms with Gasteiger partial charge in [-0.25, -0.2) is 4.79 Å². The molecular weight excluding hydrogens is 342 g/mol. The van der Waals surface area contributed by atoms with Gasteiger partial charge >= 0.3 is 5.97 Å². The normalized spacial score (nSPS) is 15.7. The summed E-state index contributed by atoms with van der Waals surface area (Å²) in [5, 5.41) is 12.3. The quantitative estimate of drug-likeness (QED) is 0.782. The predicted octanol–water partition coefficient (Wildman–Crippen LogP) is 4.05. The van der Waals surface area contributed by atoms with Crippen LogP contribution in [-0.4, -0.2) is 29.1 Å². The molecule has 2 aromatic rings. The molecule has 27 heavy (non-hydrogen) atoms. The topological polar surface area (TPSA) is 75.6 Å². The first-order valence-corrected chi connectivity index (χ1v) is 9.44. The van der Waals surface area contributed by atoms with Crippen molar-refractivity contribution in [2.75, 3.05) is 0 Å². The van der Waals surface area contributed by atoms with Crippen molar-refractivity contribution in [1.29, 1.82) is 0 Å². The Labute approximate surface area is 159 Å². The zero-order chi connectivity index (χ0) is 19.2. The molecule has 1 aliphatic rings. The molecule has 5 nitrogen and oxygen atoms in total. The van der Waals surface area contributed by atoms with E-state index < -0.39 is 12.1 Å². The van der Waals surface area contributed by atoms with E-state index in [1.54, 1.807) is 43.3 Å². The number of esters is 1. The molecule has 2 N–H and O–H groups in total. The van der Waals surface area contributed by atoms with Gasteiger partial charge in [0.1, 0.15) is 5.75 Å². The molecule has 1 atom stereocenters. The average Bonchev–Trinajstić information content (AvgIpc) is 2.69. The maximum Gasteiger partial charge on any atom is 0.338 e. The van der Waals surface area contributed by atoms with Gasteiger partial charge in [0.25, 0.3) is 5.91 Å². The van der Waals surface area contributed by atoms with E-state index in [4.69, 9.17) is 4.74 Å². The van der Waals surface area contributed by atoms with E-state index in [0.29, 0.717) is 5.56 Å². The Morgan fingerprint density at radius 3 is 2.11 bits per heavy atom. The first kappa shape index (κ1) is 19.0. The van der Waals surface area contributed by atoms with Crippen molar-refractivity contribution in [2.45, 2.75) is 51.2 Å². The van der Waals surface area contributed by atoms with Gasteiger partial charge in [0.15, 0.2) is 6.10 Å². The lowest BCUT2D eigenvalue weighted by molar-refractivity contribution is -0.130. The fraction of sp³-hybridized carbons (Fsp3) is 0.364. The molecule has 1 fully saturated rings. The van der Waals surface area contributed by atoms with Gasteiger partial charge in [-0.1, -0.05) is 43.5 Å². The highest BCUT2D eigenvalue weighted by molar-refractivity contribution is 5.92. The maximum absolute atomic E-state index is 12.3. The molecule has 5 heteroatoms. The second-order valence-electron chi connectivity index (χ2n) is 7.02. The Balaban J connectivity index is 1.56. The molecule has 1 unspecified atom stereocenters. The molecule has 0 bridgehead atoms. The second-order valence-corrected chi connectivity index (χ2v) is 7.02. The lowest BCUT2D eigenvalue weighted by Crippen LogP contribution is -2.42. The standard InChI is InChI=1S/C22H25NO4/c1-15(21(25)23-19-5-3-2-4-6-19)27-22(26)18-9-7-16(8-10-18)17-11-13-20(24)14-12-17/h7-15,19,24H,2-6H2,1H3,(H,23,25). The summed E-state index contributed by atoms with van der Waals surface area (Å²) in [5.41, 5.74) is 2.26. The summed E-state index contributed by atoms with van der Waals surface area (Å²) in [7, 11) is 0. The first-order valence-electron chi connectivity index (χ1n) is 9.44. The summed E-state index contributed by atoms with van der Waals surface area (Å²) in [6, 6.07) is 14.0.